The van der Waals surface area contributed by atoms with Crippen molar-refractivity contribution in [2.45, 2.75) is 0 Å². The summed E-state index contributed by atoms with van der Waals surface area (Å²) in [6, 6.07) is 62.5. The van der Waals surface area contributed by atoms with Gasteiger partial charge in [-0.25, -0.2) is 31.2 Å². The van der Waals surface area contributed by atoms with Gasteiger partial charge in [-0.3, -0.25) is 27.2 Å². The van der Waals surface area contributed by atoms with E-state index in [4.69, 9.17) is 12.2 Å². The molecule has 0 saturated carbocycles. The van der Waals surface area contributed by atoms with Crippen molar-refractivity contribution in [3.8, 4) is 0 Å². The number of thiocarbonyl (C=S) groups is 1. The van der Waals surface area contributed by atoms with Crippen LogP contribution in [0.15, 0.2) is 182 Å². The largest absolute Gasteiger partial charge is 0.278 e. The molecule has 2 amide bonds. The van der Waals surface area contributed by atoms with E-state index >= 15 is 0 Å². The zero-order valence-electron chi connectivity index (χ0n) is 36.1. The molecule has 0 unspecified atom stereocenters. The SMILES string of the molecule is Fc1[c-]c(F)c(F)c(F)c1F.Fc1[c-]c(F)c(F)c(F)c1F.O=C(c1ccccc1)N(C(=O)c1ccccc1)C(=S)SCC(P(c1ccccc1)c1ccccc1)=[PH](c1ccccc1)c1ccccc1.[Au]. The van der Waals surface area contributed by atoms with Crippen LogP contribution in [0.1, 0.15) is 20.7 Å². The maximum absolute atomic E-state index is 14.0. The Labute approximate surface area is 429 Å². The number of rotatable bonds is 9. The van der Waals surface area contributed by atoms with Gasteiger partial charge < -0.3 is 0 Å². The Hall–Kier alpha value is -5.89. The van der Waals surface area contributed by atoms with Gasteiger partial charge in [-0.15, -0.1) is 12.1 Å². The molecule has 367 valence electrons. The standard InChI is InChI=1S/C41H33NO2P2S2.2C6F5.Au/c43-39(32-19-7-1-8-20-32)42(40(44)33-21-9-2-10-22-33)41(47)48-31-38(45(34-23-11-3-12-24-34)35-25-13-4-14-26-35)46(36-27-15-5-16-28-36)37-29-17-6-18-30-37;2*7-2-1-3(8)5(10)6(11)4(2)9;/h1-30,45H,31H2;;;/q;2*-1;. The molecule has 0 spiro atoms. The molecule has 8 aromatic rings. The first-order chi connectivity index (χ1) is 33.7. The summed E-state index contributed by atoms with van der Waals surface area (Å²) in [5.41, 5.74) is 0.811. The summed E-state index contributed by atoms with van der Waals surface area (Å²) in [6.07, 6.45) is 0. The van der Waals surface area contributed by atoms with Gasteiger partial charge in [0.15, 0.2) is 4.32 Å². The van der Waals surface area contributed by atoms with E-state index in [1.54, 1.807) is 48.5 Å². The second-order valence-corrected chi connectivity index (χ2v) is 21.0. The molecular formula is C53H33AuF10NO2P2S2-2. The molecule has 71 heavy (non-hydrogen) atoms. The number of hydrogen-bond acceptors (Lipinski definition) is 4. The fourth-order valence-electron chi connectivity index (χ4n) is 6.44. The van der Waals surface area contributed by atoms with Gasteiger partial charge in [0, 0.05) is 39.3 Å². The van der Waals surface area contributed by atoms with Crippen molar-refractivity contribution in [3.05, 3.63) is 263 Å². The Balaban J connectivity index is 0.000000334. The molecule has 0 aliphatic heterocycles. The molecule has 0 heterocycles. The van der Waals surface area contributed by atoms with E-state index in [9.17, 15) is 53.5 Å². The third-order valence-corrected chi connectivity index (χ3v) is 17.8. The predicted octanol–water partition coefficient (Wildman–Crippen LogP) is 12.5. The molecule has 0 aliphatic rings. The van der Waals surface area contributed by atoms with Crippen LogP contribution in [0.5, 0.6) is 0 Å². The molecule has 8 aromatic carbocycles. The molecule has 0 fully saturated rings. The van der Waals surface area contributed by atoms with Crippen molar-refractivity contribution in [2.24, 2.45) is 0 Å². The summed E-state index contributed by atoms with van der Waals surface area (Å²) in [6.45, 7) is 0. The molecule has 0 N–H and O–H groups in total. The zero-order valence-corrected chi connectivity index (χ0v) is 41.8. The van der Waals surface area contributed by atoms with E-state index in [1.807, 2.05) is 24.3 Å². The number of halogens is 10. The van der Waals surface area contributed by atoms with Gasteiger partial charge in [0.1, 0.15) is 0 Å². The number of carbonyl (C=O) groups excluding carboxylic acids is 2. The van der Waals surface area contributed by atoms with Crippen molar-refractivity contribution in [3.63, 3.8) is 0 Å². The number of thioether (sulfide) groups is 1. The molecule has 1 radical (unpaired) electrons. The van der Waals surface area contributed by atoms with Gasteiger partial charge in [0.2, 0.25) is 0 Å². The van der Waals surface area contributed by atoms with Crippen LogP contribution in [0.2, 0.25) is 0 Å². The quantitative estimate of drug-likeness (QED) is 0.0211. The van der Waals surface area contributed by atoms with Crippen molar-refractivity contribution in [2.75, 3.05) is 5.75 Å². The maximum Gasteiger partial charge on any atom is 0.266 e. The Kier molecular flexibility index (Phi) is 21.4. The Morgan fingerprint density at radius 2 is 0.732 bits per heavy atom. The van der Waals surface area contributed by atoms with Gasteiger partial charge in [-0.2, -0.15) is 0 Å². The molecule has 8 rings (SSSR count). The second-order valence-electron chi connectivity index (χ2n) is 14.2. The maximum atomic E-state index is 14.0. The van der Waals surface area contributed by atoms with E-state index < -0.39 is 85.5 Å². The van der Waals surface area contributed by atoms with E-state index in [2.05, 4.69) is 109 Å². The Morgan fingerprint density at radius 1 is 0.451 bits per heavy atom. The fourth-order valence-corrected chi connectivity index (χ4v) is 15.2. The van der Waals surface area contributed by atoms with Gasteiger partial charge in [0.25, 0.3) is 11.8 Å². The smallest absolute Gasteiger partial charge is 0.266 e. The summed E-state index contributed by atoms with van der Waals surface area (Å²) < 4.78 is 120. The molecular weight excluding hydrogens is 1200 g/mol. The van der Waals surface area contributed by atoms with Crippen LogP contribution in [0.25, 0.3) is 0 Å². The Morgan fingerprint density at radius 3 is 1.04 bits per heavy atom. The first-order valence-electron chi connectivity index (χ1n) is 20.4. The van der Waals surface area contributed by atoms with Crippen molar-refractivity contribution >= 4 is 81.8 Å². The molecule has 3 nitrogen and oxygen atoms in total. The van der Waals surface area contributed by atoms with Crippen molar-refractivity contribution in [1.82, 2.24) is 4.90 Å². The van der Waals surface area contributed by atoms with E-state index in [1.165, 1.54) is 42.9 Å². The number of nitrogens with zero attached hydrogens (tertiary/aromatic N) is 1. The van der Waals surface area contributed by atoms with Crippen molar-refractivity contribution in [1.29, 1.82) is 0 Å². The summed E-state index contributed by atoms with van der Waals surface area (Å²) in [7, 11) is -2.49. The van der Waals surface area contributed by atoms with Crippen LogP contribution in [0.3, 0.4) is 0 Å². The summed E-state index contributed by atoms with van der Waals surface area (Å²) >= 11 is 7.43. The van der Waals surface area contributed by atoms with Gasteiger partial charge in [-0.1, -0.05) is 189 Å². The molecule has 0 aromatic heterocycles. The molecule has 18 heteroatoms. The summed E-state index contributed by atoms with van der Waals surface area (Å²) in [5, 5.41) is 6.38. The van der Waals surface area contributed by atoms with Gasteiger partial charge in [0.05, 0.1) is 58.2 Å². The molecule has 0 bridgehead atoms. The van der Waals surface area contributed by atoms with E-state index in [0.29, 0.717) is 16.9 Å². The molecule has 0 aliphatic carbocycles. The summed E-state index contributed by atoms with van der Waals surface area (Å²) in [5.74, 6) is -20.4. The first-order valence-corrected chi connectivity index (χ1v) is 24.6. The minimum Gasteiger partial charge on any atom is -0.278 e. The van der Waals surface area contributed by atoms with Crippen LogP contribution in [0, 0.1) is 70.3 Å². The fraction of sp³-hybridized carbons (Fsp3) is 0.0189. The van der Waals surface area contributed by atoms with Crippen LogP contribution < -0.4 is 21.2 Å². The van der Waals surface area contributed by atoms with Crippen LogP contribution >= 0.6 is 39.4 Å². The second kappa shape index (κ2) is 27.1. The topological polar surface area (TPSA) is 37.4 Å². The van der Waals surface area contributed by atoms with E-state index in [0.717, 1.165) is 12.1 Å². The van der Waals surface area contributed by atoms with Crippen LogP contribution in [-0.2, 0) is 22.4 Å². The number of carbonyl (C=O) groups is 2. The van der Waals surface area contributed by atoms with Crippen LogP contribution in [0.4, 0.5) is 43.9 Å². The number of hydrogen-bond donors (Lipinski definition) is 0. The average Bonchev–Trinajstić information content (AvgIpc) is 3.40. The van der Waals surface area contributed by atoms with E-state index in [-0.39, 0.29) is 26.7 Å². The zero-order chi connectivity index (χ0) is 50.3. The Bertz CT molecular complexity index is 2870. The minimum atomic E-state index is -2.17. The van der Waals surface area contributed by atoms with Gasteiger partial charge in [-0.05, 0) is 58.4 Å². The average molecular weight is 1230 g/mol. The number of benzene rings is 8. The molecule has 0 atom stereocenters. The monoisotopic (exact) mass is 1230 g/mol. The predicted molar refractivity (Wildman–Crippen MR) is 263 cm³/mol. The molecule has 0 saturated heterocycles. The third kappa shape index (κ3) is 14.4. The summed E-state index contributed by atoms with van der Waals surface area (Å²) in [4.78, 5) is 29.2. The van der Waals surface area contributed by atoms with Crippen LogP contribution in [-0.4, -0.2) is 31.8 Å². The van der Waals surface area contributed by atoms with Gasteiger partial charge >= 0.3 is 0 Å². The van der Waals surface area contributed by atoms with Crippen molar-refractivity contribution < 1.29 is 75.9 Å². The first kappa shape index (κ1) is 56.0. The number of imide groups is 1. The third-order valence-electron chi connectivity index (χ3n) is 9.66. The minimum absolute atomic E-state index is 0. The normalized spacial score (nSPS) is 10.5. The number of amides is 2.